The standard InChI is InChI=1S/C14H26BrNO/c1-3-6-13(7-4-2)14(17)16-9-5-8-12(10-15)11-16/h12-13H,3-11H2,1-2H3. The van der Waals surface area contributed by atoms with Crippen LogP contribution in [-0.4, -0.2) is 29.2 Å². The first-order valence-electron chi connectivity index (χ1n) is 7.07. The van der Waals surface area contributed by atoms with Crippen LogP contribution in [0.25, 0.3) is 0 Å². The van der Waals surface area contributed by atoms with Gasteiger partial charge in [-0.05, 0) is 31.6 Å². The van der Waals surface area contributed by atoms with Crippen molar-refractivity contribution in [3.8, 4) is 0 Å². The second-order valence-electron chi connectivity index (χ2n) is 5.22. The highest BCUT2D eigenvalue weighted by Gasteiger charge is 2.27. The molecule has 1 rings (SSSR count). The molecule has 1 aliphatic heterocycles. The Labute approximate surface area is 114 Å². The normalized spacial score (nSPS) is 20.9. The molecule has 2 nitrogen and oxygen atoms in total. The van der Waals surface area contributed by atoms with E-state index in [0.29, 0.717) is 11.8 Å². The van der Waals surface area contributed by atoms with Crippen LogP contribution in [0.4, 0.5) is 0 Å². The molecule has 0 radical (unpaired) electrons. The quantitative estimate of drug-likeness (QED) is 0.683. The molecule has 1 amide bonds. The number of carbonyl (C=O) groups is 1. The molecule has 0 aromatic rings. The van der Waals surface area contributed by atoms with E-state index in [1.807, 2.05) is 0 Å². The molecule has 1 aliphatic rings. The van der Waals surface area contributed by atoms with Gasteiger partial charge in [-0.15, -0.1) is 0 Å². The fraction of sp³-hybridized carbons (Fsp3) is 0.929. The van der Waals surface area contributed by atoms with Gasteiger partial charge in [0.05, 0.1) is 0 Å². The van der Waals surface area contributed by atoms with Crippen LogP contribution in [0.5, 0.6) is 0 Å². The zero-order valence-corrected chi connectivity index (χ0v) is 12.8. The van der Waals surface area contributed by atoms with E-state index in [9.17, 15) is 4.79 Å². The van der Waals surface area contributed by atoms with Gasteiger partial charge in [0.15, 0.2) is 0 Å². The molecule has 0 saturated carbocycles. The number of hydrogen-bond donors (Lipinski definition) is 0. The summed E-state index contributed by atoms with van der Waals surface area (Å²) in [5, 5.41) is 1.03. The van der Waals surface area contributed by atoms with Gasteiger partial charge in [0.25, 0.3) is 0 Å². The summed E-state index contributed by atoms with van der Waals surface area (Å²) in [7, 11) is 0. The molecule has 0 spiro atoms. The summed E-state index contributed by atoms with van der Waals surface area (Å²) in [5.41, 5.74) is 0. The summed E-state index contributed by atoms with van der Waals surface area (Å²) in [6.07, 6.45) is 6.79. The van der Waals surface area contributed by atoms with Gasteiger partial charge in [-0.3, -0.25) is 4.79 Å². The van der Waals surface area contributed by atoms with Gasteiger partial charge in [-0.1, -0.05) is 42.6 Å². The molecule has 1 fully saturated rings. The van der Waals surface area contributed by atoms with Crippen molar-refractivity contribution in [3.05, 3.63) is 0 Å². The lowest BCUT2D eigenvalue weighted by Crippen LogP contribution is -2.43. The Morgan fingerprint density at radius 2 is 2.00 bits per heavy atom. The Hall–Kier alpha value is -0.0500. The Bertz CT molecular complexity index is 226. The maximum absolute atomic E-state index is 12.5. The molecule has 0 aromatic heterocycles. The van der Waals surface area contributed by atoms with Gasteiger partial charge in [-0.25, -0.2) is 0 Å². The topological polar surface area (TPSA) is 20.3 Å². The molecule has 0 N–H and O–H groups in total. The van der Waals surface area contributed by atoms with Gasteiger partial charge in [0.2, 0.25) is 5.91 Å². The number of halogens is 1. The zero-order chi connectivity index (χ0) is 12.7. The first kappa shape index (κ1) is 15.0. The molecule has 1 atom stereocenters. The first-order chi connectivity index (χ1) is 8.22. The number of piperidine rings is 1. The monoisotopic (exact) mass is 303 g/mol. The van der Waals surface area contributed by atoms with Crippen molar-refractivity contribution in [1.82, 2.24) is 4.90 Å². The van der Waals surface area contributed by atoms with Crippen LogP contribution in [-0.2, 0) is 4.79 Å². The molecule has 0 aromatic carbocycles. The van der Waals surface area contributed by atoms with E-state index < -0.39 is 0 Å². The van der Waals surface area contributed by atoms with Crippen molar-refractivity contribution in [2.24, 2.45) is 11.8 Å². The highest BCUT2D eigenvalue weighted by atomic mass is 79.9. The summed E-state index contributed by atoms with van der Waals surface area (Å²) in [6, 6.07) is 0. The lowest BCUT2D eigenvalue weighted by molar-refractivity contribution is -0.137. The molecule has 0 aliphatic carbocycles. The summed E-state index contributed by atoms with van der Waals surface area (Å²) < 4.78 is 0. The van der Waals surface area contributed by atoms with E-state index in [1.165, 1.54) is 12.8 Å². The van der Waals surface area contributed by atoms with Crippen molar-refractivity contribution in [1.29, 1.82) is 0 Å². The molecular weight excluding hydrogens is 278 g/mol. The number of likely N-dealkylation sites (tertiary alicyclic amines) is 1. The Kier molecular flexibility index (Phi) is 7.17. The second-order valence-corrected chi connectivity index (χ2v) is 5.87. The molecule has 17 heavy (non-hydrogen) atoms. The lowest BCUT2D eigenvalue weighted by atomic mass is 9.94. The van der Waals surface area contributed by atoms with E-state index in [1.54, 1.807) is 0 Å². The predicted octanol–water partition coefficient (Wildman–Crippen LogP) is 3.84. The number of hydrogen-bond acceptors (Lipinski definition) is 1. The average molecular weight is 304 g/mol. The summed E-state index contributed by atoms with van der Waals surface area (Å²) in [5.74, 6) is 1.36. The molecule has 1 heterocycles. The van der Waals surface area contributed by atoms with Crippen molar-refractivity contribution in [2.75, 3.05) is 18.4 Å². The van der Waals surface area contributed by atoms with Crippen molar-refractivity contribution in [3.63, 3.8) is 0 Å². The van der Waals surface area contributed by atoms with Crippen molar-refractivity contribution >= 4 is 21.8 Å². The molecule has 1 unspecified atom stereocenters. The van der Waals surface area contributed by atoms with Crippen LogP contribution < -0.4 is 0 Å². The average Bonchev–Trinajstić information content (AvgIpc) is 2.38. The number of nitrogens with zero attached hydrogens (tertiary/aromatic N) is 1. The number of alkyl halides is 1. The van der Waals surface area contributed by atoms with E-state index in [-0.39, 0.29) is 5.92 Å². The van der Waals surface area contributed by atoms with Crippen molar-refractivity contribution in [2.45, 2.75) is 52.4 Å². The SMILES string of the molecule is CCCC(CCC)C(=O)N1CCCC(CBr)C1. The highest BCUT2D eigenvalue weighted by Crippen LogP contribution is 2.23. The van der Waals surface area contributed by atoms with Crippen LogP contribution in [0.15, 0.2) is 0 Å². The van der Waals surface area contributed by atoms with Gasteiger partial charge < -0.3 is 4.90 Å². The fourth-order valence-electron chi connectivity index (χ4n) is 2.74. The van der Waals surface area contributed by atoms with Gasteiger partial charge in [-0.2, -0.15) is 0 Å². The molecule has 0 bridgehead atoms. The number of rotatable bonds is 6. The molecule has 100 valence electrons. The minimum atomic E-state index is 0.277. The first-order valence-corrected chi connectivity index (χ1v) is 8.19. The second kappa shape index (κ2) is 8.12. The zero-order valence-electron chi connectivity index (χ0n) is 11.3. The number of carbonyl (C=O) groups excluding carboxylic acids is 1. The maximum Gasteiger partial charge on any atom is 0.225 e. The minimum Gasteiger partial charge on any atom is -0.342 e. The number of amides is 1. The van der Waals surface area contributed by atoms with E-state index in [4.69, 9.17) is 0 Å². The van der Waals surface area contributed by atoms with E-state index in [2.05, 4.69) is 34.7 Å². The summed E-state index contributed by atoms with van der Waals surface area (Å²) in [4.78, 5) is 14.6. The molecule has 1 saturated heterocycles. The minimum absolute atomic E-state index is 0.277. The van der Waals surface area contributed by atoms with Crippen LogP contribution in [0.1, 0.15) is 52.4 Å². The summed E-state index contributed by atoms with van der Waals surface area (Å²) >= 11 is 3.55. The lowest BCUT2D eigenvalue weighted by Gasteiger charge is -2.34. The van der Waals surface area contributed by atoms with Gasteiger partial charge in [0, 0.05) is 24.3 Å². The van der Waals surface area contributed by atoms with Crippen LogP contribution in [0.3, 0.4) is 0 Å². The van der Waals surface area contributed by atoms with E-state index >= 15 is 0 Å². The van der Waals surface area contributed by atoms with Gasteiger partial charge >= 0.3 is 0 Å². The van der Waals surface area contributed by atoms with Gasteiger partial charge in [0.1, 0.15) is 0 Å². The third kappa shape index (κ3) is 4.61. The van der Waals surface area contributed by atoms with Crippen LogP contribution in [0.2, 0.25) is 0 Å². The highest BCUT2D eigenvalue weighted by molar-refractivity contribution is 9.09. The fourth-order valence-corrected chi connectivity index (χ4v) is 3.27. The molecular formula is C14H26BrNO. The predicted molar refractivity (Wildman–Crippen MR) is 76.4 cm³/mol. The Morgan fingerprint density at radius 1 is 1.35 bits per heavy atom. The third-order valence-corrected chi connectivity index (χ3v) is 4.59. The third-order valence-electron chi connectivity index (χ3n) is 3.67. The van der Waals surface area contributed by atoms with Crippen molar-refractivity contribution < 1.29 is 4.79 Å². The van der Waals surface area contributed by atoms with E-state index in [0.717, 1.165) is 44.1 Å². The molecule has 3 heteroatoms. The smallest absolute Gasteiger partial charge is 0.225 e. The Balaban J connectivity index is 2.53. The van der Waals surface area contributed by atoms with Crippen LogP contribution >= 0.6 is 15.9 Å². The van der Waals surface area contributed by atoms with Crippen LogP contribution in [0, 0.1) is 11.8 Å². The maximum atomic E-state index is 12.5. The largest absolute Gasteiger partial charge is 0.342 e. The Morgan fingerprint density at radius 3 is 2.53 bits per heavy atom. The summed E-state index contributed by atoms with van der Waals surface area (Å²) in [6.45, 7) is 6.29.